The molecule has 6 nitrogen and oxygen atoms in total. The van der Waals surface area contributed by atoms with Gasteiger partial charge in [-0.15, -0.1) is 12.4 Å². The second-order valence-electron chi connectivity index (χ2n) is 4.58. The number of carbonyl (C=O) groups is 1. The van der Waals surface area contributed by atoms with Gasteiger partial charge in [0, 0.05) is 24.5 Å². The number of carbonyl (C=O) groups excluding carboxylic acids is 1. The summed E-state index contributed by atoms with van der Waals surface area (Å²) >= 11 is 0. The molecule has 8 heteroatoms. The molecule has 0 unspecified atom stereocenters. The SMILES string of the molecule is CS(=O)(=O)c1ccc(NC(=O)N[C@@H]2CCNC2)cc1.Cl. The minimum Gasteiger partial charge on any atom is -0.334 e. The van der Waals surface area contributed by atoms with Gasteiger partial charge in [0.2, 0.25) is 0 Å². The smallest absolute Gasteiger partial charge is 0.319 e. The van der Waals surface area contributed by atoms with Crippen LogP contribution in [0.15, 0.2) is 29.2 Å². The monoisotopic (exact) mass is 319 g/mol. The van der Waals surface area contributed by atoms with Gasteiger partial charge < -0.3 is 16.0 Å². The maximum Gasteiger partial charge on any atom is 0.319 e. The van der Waals surface area contributed by atoms with E-state index in [0.29, 0.717) is 5.69 Å². The van der Waals surface area contributed by atoms with Crippen molar-refractivity contribution in [3.8, 4) is 0 Å². The molecule has 0 spiro atoms. The Balaban J connectivity index is 0.00000200. The molecule has 0 radical (unpaired) electrons. The average molecular weight is 320 g/mol. The molecule has 1 aliphatic rings. The number of nitrogens with one attached hydrogen (secondary N) is 3. The van der Waals surface area contributed by atoms with E-state index in [1.54, 1.807) is 12.1 Å². The number of hydrogen-bond donors (Lipinski definition) is 3. The molecule has 3 N–H and O–H groups in total. The summed E-state index contributed by atoms with van der Waals surface area (Å²) in [4.78, 5) is 11.9. The van der Waals surface area contributed by atoms with Crippen molar-refractivity contribution in [2.75, 3.05) is 24.7 Å². The maximum absolute atomic E-state index is 11.7. The third-order valence-corrected chi connectivity index (χ3v) is 4.06. The molecule has 1 aliphatic heterocycles. The first kappa shape index (κ1) is 16.7. The number of halogens is 1. The van der Waals surface area contributed by atoms with Crippen LogP contribution in [0.5, 0.6) is 0 Å². The van der Waals surface area contributed by atoms with Crippen LogP contribution in [0.3, 0.4) is 0 Å². The quantitative estimate of drug-likeness (QED) is 0.775. The second-order valence-corrected chi connectivity index (χ2v) is 6.60. The normalized spacial score (nSPS) is 18.1. The van der Waals surface area contributed by atoms with Crippen LogP contribution in [0, 0.1) is 0 Å². The summed E-state index contributed by atoms with van der Waals surface area (Å²) in [5.74, 6) is 0. The Morgan fingerprint density at radius 2 is 1.95 bits per heavy atom. The van der Waals surface area contributed by atoms with Crippen LogP contribution >= 0.6 is 12.4 Å². The molecule has 112 valence electrons. The fourth-order valence-corrected chi connectivity index (χ4v) is 2.55. The zero-order valence-corrected chi connectivity index (χ0v) is 12.7. The van der Waals surface area contributed by atoms with Gasteiger partial charge in [0.05, 0.1) is 4.90 Å². The fourth-order valence-electron chi connectivity index (χ4n) is 1.92. The molecular weight excluding hydrogens is 302 g/mol. The molecule has 0 aromatic heterocycles. The van der Waals surface area contributed by atoms with Gasteiger partial charge in [-0.3, -0.25) is 0 Å². The van der Waals surface area contributed by atoms with Crippen LogP contribution < -0.4 is 16.0 Å². The zero-order chi connectivity index (χ0) is 13.9. The van der Waals surface area contributed by atoms with Crippen LogP contribution in [0.2, 0.25) is 0 Å². The van der Waals surface area contributed by atoms with Crippen molar-refractivity contribution in [1.29, 1.82) is 0 Å². The Hall–Kier alpha value is -1.31. The van der Waals surface area contributed by atoms with Crippen molar-refractivity contribution >= 4 is 34.0 Å². The van der Waals surface area contributed by atoms with Crippen molar-refractivity contribution < 1.29 is 13.2 Å². The molecule has 1 atom stereocenters. The standard InChI is InChI=1S/C12H17N3O3S.ClH/c1-19(17,18)11-4-2-9(3-5-11)14-12(16)15-10-6-7-13-8-10;/h2-5,10,13H,6-8H2,1H3,(H2,14,15,16);1H/t10-;/m1./s1. The molecule has 0 aliphatic carbocycles. The minimum absolute atomic E-state index is 0. The molecule has 20 heavy (non-hydrogen) atoms. The van der Waals surface area contributed by atoms with E-state index >= 15 is 0 Å². The van der Waals surface area contributed by atoms with Gasteiger partial charge in [-0.2, -0.15) is 0 Å². The van der Waals surface area contributed by atoms with Crippen LogP contribution in [-0.2, 0) is 9.84 Å². The maximum atomic E-state index is 11.7. The lowest BCUT2D eigenvalue weighted by molar-refractivity contribution is 0.249. The van der Waals surface area contributed by atoms with Crippen LogP contribution in [-0.4, -0.2) is 39.8 Å². The van der Waals surface area contributed by atoms with Crippen LogP contribution in [0.4, 0.5) is 10.5 Å². The highest BCUT2D eigenvalue weighted by atomic mass is 35.5. The number of anilines is 1. The summed E-state index contributed by atoms with van der Waals surface area (Å²) in [7, 11) is -3.20. The van der Waals surface area contributed by atoms with Crippen LogP contribution in [0.25, 0.3) is 0 Å². The number of sulfone groups is 1. The van der Waals surface area contributed by atoms with Crippen molar-refractivity contribution in [3.63, 3.8) is 0 Å². The average Bonchev–Trinajstić information content (AvgIpc) is 2.81. The van der Waals surface area contributed by atoms with E-state index in [0.717, 1.165) is 25.8 Å². The van der Waals surface area contributed by atoms with E-state index in [1.165, 1.54) is 12.1 Å². The first-order valence-electron chi connectivity index (χ1n) is 6.03. The predicted octanol–water partition coefficient (Wildman–Crippen LogP) is 0.995. The van der Waals surface area contributed by atoms with E-state index in [2.05, 4.69) is 16.0 Å². The third-order valence-electron chi connectivity index (χ3n) is 2.94. The van der Waals surface area contributed by atoms with Gasteiger partial charge in [-0.05, 0) is 37.2 Å². The lowest BCUT2D eigenvalue weighted by Gasteiger charge is -2.12. The van der Waals surface area contributed by atoms with Gasteiger partial charge in [-0.25, -0.2) is 13.2 Å². The highest BCUT2D eigenvalue weighted by molar-refractivity contribution is 7.90. The first-order chi connectivity index (χ1) is 8.95. The molecule has 0 saturated carbocycles. The Morgan fingerprint density at radius 3 is 2.45 bits per heavy atom. The summed E-state index contributed by atoms with van der Waals surface area (Å²) in [5.41, 5.74) is 0.566. The van der Waals surface area contributed by atoms with Gasteiger partial charge in [0.15, 0.2) is 9.84 Å². The van der Waals surface area contributed by atoms with Crippen molar-refractivity contribution in [3.05, 3.63) is 24.3 Å². The van der Waals surface area contributed by atoms with Crippen molar-refractivity contribution in [2.24, 2.45) is 0 Å². The lowest BCUT2D eigenvalue weighted by atomic mass is 10.3. The summed E-state index contributed by atoms with van der Waals surface area (Å²) in [6, 6.07) is 5.96. The molecular formula is C12H18ClN3O3S. The number of amides is 2. The number of urea groups is 1. The van der Waals surface area contributed by atoms with Crippen molar-refractivity contribution in [1.82, 2.24) is 10.6 Å². The highest BCUT2D eigenvalue weighted by Crippen LogP contribution is 2.13. The van der Waals surface area contributed by atoms with E-state index < -0.39 is 9.84 Å². The fraction of sp³-hybridized carbons (Fsp3) is 0.417. The minimum atomic E-state index is -3.20. The molecule has 0 bridgehead atoms. The number of hydrogen-bond acceptors (Lipinski definition) is 4. The Morgan fingerprint density at radius 1 is 1.30 bits per heavy atom. The van der Waals surface area contributed by atoms with E-state index in [9.17, 15) is 13.2 Å². The summed E-state index contributed by atoms with van der Waals surface area (Å²) < 4.78 is 22.6. The molecule has 1 aromatic carbocycles. The van der Waals surface area contributed by atoms with Gasteiger partial charge in [-0.1, -0.05) is 0 Å². The zero-order valence-electron chi connectivity index (χ0n) is 11.0. The molecule has 2 amide bonds. The second kappa shape index (κ2) is 6.92. The number of rotatable bonds is 3. The lowest BCUT2D eigenvalue weighted by Crippen LogP contribution is -2.39. The summed E-state index contributed by atoms with van der Waals surface area (Å²) in [6.45, 7) is 1.69. The van der Waals surface area contributed by atoms with E-state index in [4.69, 9.17) is 0 Å². The predicted molar refractivity (Wildman–Crippen MR) is 80.2 cm³/mol. The van der Waals surface area contributed by atoms with Crippen LogP contribution in [0.1, 0.15) is 6.42 Å². The first-order valence-corrected chi connectivity index (χ1v) is 7.92. The Labute approximate surface area is 124 Å². The molecule has 1 aromatic rings. The Bertz CT molecular complexity index is 554. The molecule has 1 fully saturated rings. The highest BCUT2D eigenvalue weighted by Gasteiger charge is 2.16. The van der Waals surface area contributed by atoms with Crippen molar-refractivity contribution in [2.45, 2.75) is 17.4 Å². The molecule has 1 heterocycles. The summed E-state index contributed by atoms with van der Waals surface area (Å²) in [5, 5.41) is 8.67. The molecule has 1 saturated heterocycles. The Kier molecular flexibility index (Phi) is 5.79. The van der Waals surface area contributed by atoms with Gasteiger partial charge in [0.25, 0.3) is 0 Å². The molecule has 2 rings (SSSR count). The van der Waals surface area contributed by atoms with E-state index in [1.807, 2.05) is 0 Å². The largest absolute Gasteiger partial charge is 0.334 e. The van der Waals surface area contributed by atoms with Gasteiger partial charge in [0.1, 0.15) is 0 Å². The third kappa shape index (κ3) is 4.66. The summed E-state index contributed by atoms with van der Waals surface area (Å²) in [6.07, 6.45) is 2.07. The van der Waals surface area contributed by atoms with E-state index in [-0.39, 0.29) is 29.4 Å². The number of benzene rings is 1. The van der Waals surface area contributed by atoms with Gasteiger partial charge >= 0.3 is 6.03 Å². The topological polar surface area (TPSA) is 87.3 Å².